The molecule has 0 radical (unpaired) electrons. The third-order valence-corrected chi connectivity index (χ3v) is 6.01. The quantitative estimate of drug-likeness (QED) is 0.720. The van der Waals surface area contributed by atoms with Crippen LogP contribution in [0.15, 0.2) is 58.1 Å². The van der Waals surface area contributed by atoms with Crippen molar-refractivity contribution in [3.05, 3.63) is 63.6 Å². The second-order valence-electron chi connectivity index (χ2n) is 8.92. The summed E-state index contributed by atoms with van der Waals surface area (Å²) in [6.45, 7) is 6.53. The highest BCUT2D eigenvalue weighted by Gasteiger charge is 2.39. The Morgan fingerprint density at radius 3 is 2.66 bits per heavy atom. The van der Waals surface area contributed by atoms with Gasteiger partial charge >= 0.3 is 12.1 Å². The summed E-state index contributed by atoms with van der Waals surface area (Å²) < 4.78 is 5.54. The van der Waals surface area contributed by atoms with E-state index in [9.17, 15) is 14.7 Å². The number of amides is 1. The average molecular weight is 454 g/mol. The van der Waals surface area contributed by atoms with Crippen LogP contribution in [-0.2, 0) is 16.0 Å². The fourth-order valence-electron chi connectivity index (χ4n) is 4.03. The molecule has 7 nitrogen and oxygen atoms in total. The topological polar surface area (TPSA) is 91.8 Å². The smallest absolute Gasteiger partial charge is 0.415 e. The molecular weight excluding hydrogens is 426 g/mol. The monoisotopic (exact) mass is 453 g/mol. The third-order valence-electron chi connectivity index (χ3n) is 5.43. The number of hydrogen-bond donors (Lipinski definition) is 2. The summed E-state index contributed by atoms with van der Waals surface area (Å²) in [6, 6.07) is 7.06. The van der Waals surface area contributed by atoms with Crippen molar-refractivity contribution in [3.63, 3.8) is 0 Å². The summed E-state index contributed by atoms with van der Waals surface area (Å²) >= 11 is 1.56. The van der Waals surface area contributed by atoms with Crippen LogP contribution in [0.5, 0.6) is 0 Å². The number of carbonyl (C=O) groups is 2. The van der Waals surface area contributed by atoms with Gasteiger partial charge in [-0.2, -0.15) is 0 Å². The predicted octanol–water partition coefficient (Wildman–Crippen LogP) is 4.23. The van der Waals surface area contributed by atoms with Crippen molar-refractivity contribution in [1.29, 1.82) is 0 Å². The zero-order valence-electron chi connectivity index (χ0n) is 18.4. The number of aliphatic carboxylic acids is 1. The summed E-state index contributed by atoms with van der Waals surface area (Å²) in [5.41, 5.74) is 6.83. The molecule has 1 aromatic carbocycles. The van der Waals surface area contributed by atoms with Crippen LogP contribution in [0.1, 0.15) is 32.8 Å². The Hall–Kier alpha value is -2.97. The number of carbonyl (C=O) groups excluding carboxylic acids is 1. The van der Waals surface area contributed by atoms with Gasteiger partial charge in [0, 0.05) is 23.2 Å². The Bertz CT molecular complexity index is 1070. The van der Waals surface area contributed by atoms with Crippen molar-refractivity contribution in [3.8, 4) is 11.3 Å². The highest BCUT2D eigenvalue weighted by Crippen LogP contribution is 2.34. The normalized spacial score (nSPS) is 18.8. The molecule has 1 amide bonds. The van der Waals surface area contributed by atoms with Crippen molar-refractivity contribution in [1.82, 2.24) is 15.2 Å². The van der Waals surface area contributed by atoms with Gasteiger partial charge in [0.1, 0.15) is 5.60 Å². The van der Waals surface area contributed by atoms with E-state index >= 15 is 0 Å². The second kappa shape index (κ2) is 8.88. The molecule has 1 atom stereocenters. The molecule has 2 aromatic rings. The van der Waals surface area contributed by atoms with Gasteiger partial charge in [0.05, 0.1) is 11.2 Å². The van der Waals surface area contributed by atoms with Gasteiger partial charge in [0.25, 0.3) is 0 Å². The molecule has 0 saturated carbocycles. The van der Waals surface area contributed by atoms with E-state index in [0.29, 0.717) is 18.7 Å². The van der Waals surface area contributed by atoms with Crippen LogP contribution in [0.2, 0.25) is 0 Å². The van der Waals surface area contributed by atoms with Crippen LogP contribution in [0.4, 0.5) is 4.79 Å². The summed E-state index contributed by atoms with van der Waals surface area (Å²) in [5.74, 6) is -1.08. The molecule has 0 fully saturated rings. The minimum absolute atomic E-state index is 0.429. The summed E-state index contributed by atoms with van der Waals surface area (Å²) in [4.78, 5) is 30.7. The number of rotatable bonds is 4. The first-order chi connectivity index (χ1) is 15.2. The van der Waals surface area contributed by atoms with E-state index in [0.717, 1.165) is 40.9 Å². The number of ether oxygens (including phenoxy) is 1. The lowest BCUT2D eigenvalue weighted by atomic mass is 9.87. The maximum atomic E-state index is 12.9. The van der Waals surface area contributed by atoms with Crippen molar-refractivity contribution in [2.45, 2.75) is 45.3 Å². The van der Waals surface area contributed by atoms with Crippen LogP contribution >= 0.6 is 11.3 Å². The largest absolute Gasteiger partial charge is 0.479 e. The first kappa shape index (κ1) is 22.2. The number of allylic oxidation sites excluding steroid dienone is 1. The maximum Gasteiger partial charge on any atom is 0.415 e. The molecule has 4 rings (SSSR count). The van der Waals surface area contributed by atoms with Crippen LogP contribution in [0.25, 0.3) is 11.3 Å². The number of carboxylic acid groups (broad SMARTS) is 1. The fourth-order valence-corrected chi connectivity index (χ4v) is 4.59. The zero-order chi connectivity index (χ0) is 22.9. The van der Waals surface area contributed by atoms with E-state index < -0.39 is 23.7 Å². The number of aromatic nitrogens is 1. The molecular formula is C24H27N3O4S. The summed E-state index contributed by atoms with van der Waals surface area (Å²) in [7, 11) is 0. The van der Waals surface area contributed by atoms with Gasteiger partial charge in [0.2, 0.25) is 0 Å². The van der Waals surface area contributed by atoms with Gasteiger partial charge in [-0.25, -0.2) is 14.6 Å². The first-order valence-electron chi connectivity index (χ1n) is 10.6. The Labute approximate surface area is 191 Å². The molecule has 8 heteroatoms. The number of thiazole rings is 1. The number of nitrogens with one attached hydrogen (secondary N) is 1. The highest BCUT2D eigenvalue weighted by molar-refractivity contribution is 7.07. The van der Waals surface area contributed by atoms with Gasteiger partial charge in [-0.3, -0.25) is 4.90 Å². The molecule has 2 aliphatic heterocycles. The molecule has 0 aliphatic carbocycles. The number of benzene rings is 1. The molecule has 1 aromatic heterocycles. The van der Waals surface area contributed by atoms with Gasteiger partial charge in [0.15, 0.2) is 6.04 Å². The Kier molecular flexibility index (Phi) is 6.17. The van der Waals surface area contributed by atoms with Crippen molar-refractivity contribution in [2.24, 2.45) is 0 Å². The van der Waals surface area contributed by atoms with Crippen LogP contribution in [-0.4, -0.2) is 51.8 Å². The Morgan fingerprint density at radius 2 is 2.03 bits per heavy atom. The minimum atomic E-state index is -1.10. The van der Waals surface area contributed by atoms with Gasteiger partial charge in [-0.05, 0) is 62.9 Å². The molecule has 2 aliphatic rings. The van der Waals surface area contributed by atoms with E-state index in [2.05, 4.69) is 10.3 Å². The van der Waals surface area contributed by atoms with Crippen LogP contribution < -0.4 is 5.32 Å². The molecule has 168 valence electrons. The molecule has 2 N–H and O–H groups in total. The SMILES string of the molecule is CC(C)(C)OC(=O)N1C2=C(CCNC2)C(Cc2ccc(-c3cscn3)cc2)=CC1C(=O)O. The predicted molar refractivity (Wildman–Crippen MR) is 123 cm³/mol. The van der Waals surface area contributed by atoms with E-state index in [1.807, 2.05) is 35.2 Å². The fraction of sp³-hybridized carbons (Fsp3) is 0.375. The maximum absolute atomic E-state index is 12.9. The molecule has 1 unspecified atom stereocenters. The molecule has 32 heavy (non-hydrogen) atoms. The van der Waals surface area contributed by atoms with E-state index in [-0.39, 0.29) is 0 Å². The number of carboxylic acids is 1. The molecule has 0 saturated heterocycles. The lowest BCUT2D eigenvalue weighted by Crippen LogP contribution is -2.51. The van der Waals surface area contributed by atoms with Crippen molar-refractivity contribution >= 4 is 23.4 Å². The first-order valence-corrected chi connectivity index (χ1v) is 11.5. The highest BCUT2D eigenvalue weighted by atomic mass is 32.1. The Balaban J connectivity index is 1.65. The molecule has 0 spiro atoms. The number of hydrogen-bond acceptors (Lipinski definition) is 6. The summed E-state index contributed by atoms with van der Waals surface area (Å²) in [6.07, 6.45) is 2.39. The second-order valence-corrected chi connectivity index (χ2v) is 9.64. The minimum Gasteiger partial charge on any atom is -0.479 e. The molecule has 0 bridgehead atoms. The van der Waals surface area contributed by atoms with E-state index in [1.54, 1.807) is 38.2 Å². The standard InChI is InChI=1S/C24H27N3O4S/c1-24(2,3)31-23(30)27-20(22(28)29)11-17(18-8-9-25-12-21(18)27)10-15-4-6-16(7-5-15)19-13-32-14-26-19/h4-7,11,13-14,20,25H,8-10,12H2,1-3H3,(H,28,29). The van der Waals surface area contributed by atoms with Gasteiger partial charge in [-0.15, -0.1) is 11.3 Å². The molecule has 3 heterocycles. The van der Waals surface area contributed by atoms with E-state index in [4.69, 9.17) is 4.74 Å². The average Bonchev–Trinajstić information content (AvgIpc) is 3.27. The zero-order valence-corrected chi connectivity index (χ0v) is 19.2. The Morgan fingerprint density at radius 1 is 1.28 bits per heavy atom. The van der Waals surface area contributed by atoms with Crippen LogP contribution in [0.3, 0.4) is 0 Å². The van der Waals surface area contributed by atoms with Gasteiger partial charge < -0.3 is 15.2 Å². The summed E-state index contributed by atoms with van der Waals surface area (Å²) in [5, 5.41) is 15.2. The van der Waals surface area contributed by atoms with Crippen molar-refractivity contribution < 1.29 is 19.4 Å². The van der Waals surface area contributed by atoms with Crippen molar-refractivity contribution in [2.75, 3.05) is 13.1 Å². The van der Waals surface area contributed by atoms with Crippen LogP contribution in [0, 0.1) is 0 Å². The number of nitrogens with zero attached hydrogens (tertiary/aromatic N) is 2. The van der Waals surface area contributed by atoms with Gasteiger partial charge in [-0.1, -0.05) is 24.3 Å². The van der Waals surface area contributed by atoms with E-state index in [1.165, 1.54) is 4.90 Å². The lowest BCUT2D eigenvalue weighted by molar-refractivity contribution is -0.140. The third kappa shape index (κ3) is 4.76. The lowest BCUT2D eigenvalue weighted by Gasteiger charge is -2.39.